The summed E-state index contributed by atoms with van der Waals surface area (Å²) in [5.74, 6) is 1.30. The van der Waals surface area contributed by atoms with Crippen LogP contribution in [0.2, 0.25) is 5.15 Å². The van der Waals surface area contributed by atoms with Gasteiger partial charge in [0.15, 0.2) is 6.29 Å². The molecule has 0 amide bonds. The topological polar surface area (TPSA) is 39.2 Å². The predicted octanol–water partition coefficient (Wildman–Crippen LogP) is 2.62. The van der Waals surface area contributed by atoms with E-state index in [1.165, 1.54) is 0 Å². The molecule has 1 rings (SSSR count). The molecule has 0 aliphatic heterocycles. The molecule has 0 aromatic carbocycles. The van der Waals surface area contributed by atoms with Gasteiger partial charge in [0.1, 0.15) is 5.15 Å². The molecule has 5 heteroatoms. The van der Waals surface area contributed by atoms with E-state index in [2.05, 4.69) is 23.8 Å². The molecule has 1 aromatic rings. The van der Waals surface area contributed by atoms with Crippen LogP contribution in [-0.2, 0) is 0 Å². The molecule has 0 spiro atoms. The maximum Gasteiger partial charge on any atom is 0.225 e. The summed E-state index contributed by atoms with van der Waals surface area (Å²) in [6.07, 6.45) is 7.36. The molecule has 0 saturated carbocycles. The number of halogens is 1. The van der Waals surface area contributed by atoms with Crippen molar-refractivity contribution in [1.29, 1.82) is 0 Å². The van der Waals surface area contributed by atoms with Gasteiger partial charge in [-0.1, -0.05) is 11.6 Å². The molecule has 0 fully saturated rings. The lowest BCUT2D eigenvalue weighted by Crippen LogP contribution is -2.10. The number of hydrogen-bond acceptors (Lipinski definition) is 3. The minimum absolute atomic E-state index is 0.325. The van der Waals surface area contributed by atoms with Crippen molar-refractivity contribution in [3.05, 3.63) is 22.8 Å². The highest BCUT2D eigenvalue weighted by atomic mass is 35.5. The van der Waals surface area contributed by atoms with E-state index in [1.807, 2.05) is 0 Å². The van der Waals surface area contributed by atoms with E-state index < -0.39 is 10.0 Å². The summed E-state index contributed by atoms with van der Waals surface area (Å²) in [5, 5.41) is 0.337. The molecular weight excluding hydrogens is 246 g/mol. The molecule has 3 nitrogen and oxygen atoms in total. The maximum absolute atomic E-state index is 10.7. The summed E-state index contributed by atoms with van der Waals surface area (Å²) in [6, 6.07) is 3.19. The minimum Gasteiger partial charge on any atom is -0.476 e. The average molecular weight is 262 g/mol. The third-order valence-electron chi connectivity index (χ3n) is 1.92. The van der Waals surface area contributed by atoms with E-state index in [0.717, 1.165) is 12.0 Å². The zero-order valence-corrected chi connectivity index (χ0v) is 11.3. The Labute approximate surface area is 102 Å². The Morgan fingerprint density at radius 1 is 1.44 bits per heavy atom. The zero-order valence-electron chi connectivity index (χ0n) is 9.70. The third-order valence-corrected chi connectivity index (χ3v) is 3.52. The first kappa shape index (κ1) is 13.3. The summed E-state index contributed by atoms with van der Waals surface area (Å²) in [4.78, 5) is 14.7. The van der Waals surface area contributed by atoms with Crippen LogP contribution in [-0.4, -0.2) is 42.4 Å². The molecule has 16 heavy (non-hydrogen) atoms. The molecule has 0 atom stereocenters. The average Bonchev–Trinajstić information content (AvgIpc) is 2.16. The van der Waals surface area contributed by atoms with Crippen molar-refractivity contribution >= 4 is 27.9 Å². The standard InChI is InChI=1S/C11H16ClNO2S/c1-16(2,3)7-6-15-11-9(8-14)4-5-10(12)13-11/h4-5,8H,6-7H2,1-3H3. The molecule has 0 saturated heterocycles. The molecular formula is C11H16ClNO2S. The van der Waals surface area contributed by atoms with Crippen LogP contribution in [0.15, 0.2) is 12.1 Å². The van der Waals surface area contributed by atoms with Crippen LogP contribution < -0.4 is 4.74 Å². The molecule has 1 heterocycles. The van der Waals surface area contributed by atoms with Crippen molar-refractivity contribution in [3.63, 3.8) is 0 Å². The molecule has 0 unspecified atom stereocenters. The van der Waals surface area contributed by atoms with Crippen LogP contribution in [0.4, 0.5) is 0 Å². The molecule has 0 aliphatic carbocycles. The Kier molecular flexibility index (Phi) is 4.62. The number of hydrogen-bond donors (Lipinski definition) is 0. The van der Waals surface area contributed by atoms with Crippen molar-refractivity contribution in [2.24, 2.45) is 0 Å². The van der Waals surface area contributed by atoms with Gasteiger partial charge in [-0.2, -0.15) is 0 Å². The largest absolute Gasteiger partial charge is 0.476 e. The normalized spacial score (nSPS) is 12.2. The number of pyridine rings is 1. The van der Waals surface area contributed by atoms with Crippen LogP contribution >= 0.6 is 21.6 Å². The number of nitrogens with zero attached hydrogens (tertiary/aromatic N) is 1. The Hall–Kier alpha value is -0.740. The summed E-state index contributed by atoms with van der Waals surface area (Å²) in [5.41, 5.74) is 0.438. The Balaban J connectivity index is 2.65. The van der Waals surface area contributed by atoms with Gasteiger partial charge < -0.3 is 4.74 Å². The fraction of sp³-hybridized carbons (Fsp3) is 0.455. The maximum atomic E-state index is 10.7. The van der Waals surface area contributed by atoms with E-state index in [0.29, 0.717) is 23.2 Å². The lowest BCUT2D eigenvalue weighted by atomic mass is 10.3. The van der Waals surface area contributed by atoms with Gasteiger partial charge in [0, 0.05) is 5.75 Å². The van der Waals surface area contributed by atoms with Crippen molar-refractivity contribution in [3.8, 4) is 5.88 Å². The summed E-state index contributed by atoms with van der Waals surface area (Å²) in [6.45, 7) is 0.563. The van der Waals surface area contributed by atoms with E-state index in [1.54, 1.807) is 12.1 Å². The van der Waals surface area contributed by atoms with Gasteiger partial charge in [0.05, 0.1) is 12.2 Å². The predicted molar refractivity (Wildman–Crippen MR) is 70.4 cm³/mol. The molecule has 90 valence electrons. The van der Waals surface area contributed by atoms with Gasteiger partial charge in [-0.3, -0.25) is 4.79 Å². The van der Waals surface area contributed by atoms with Crippen molar-refractivity contribution < 1.29 is 9.53 Å². The van der Waals surface area contributed by atoms with Crippen molar-refractivity contribution in [2.45, 2.75) is 0 Å². The number of carbonyl (C=O) groups is 1. The lowest BCUT2D eigenvalue weighted by molar-refractivity contribution is 0.111. The third kappa shape index (κ3) is 4.41. The van der Waals surface area contributed by atoms with E-state index in [4.69, 9.17) is 16.3 Å². The lowest BCUT2D eigenvalue weighted by Gasteiger charge is -2.24. The van der Waals surface area contributed by atoms with Gasteiger partial charge in [-0.05, 0) is 30.9 Å². The molecule has 0 aliphatic rings. The smallest absolute Gasteiger partial charge is 0.225 e. The van der Waals surface area contributed by atoms with Gasteiger partial charge in [0.2, 0.25) is 5.88 Å². The van der Waals surface area contributed by atoms with Gasteiger partial charge in [-0.25, -0.2) is 15.0 Å². The number of carbonyl (C=O) groups excluding carboxylic acids is 1. The Morgan fingerprint density at radius 3 is 2.69 bits per heavy atom. The first-order valence-corrected chi connectivity index (χ1v) is 8.23. The van der Waals surface area contributed by atoms with Crippen molar-refractivity contribution in [2.75, 3.05) is 31.1 Å². The monoisotopic (exact) mass is 261 g/mol. The van der Waals surface area contributed by atoms with Crippen LogP contribution in [0.5, 0.6) is 5.88 Å². The van der Waals surface area contributed by atoms with Gasteiger partial charge >= 0.3 is 0 Å². The van der Waals surface area contributed by atoms with E-state index in [9.17, 15) is 4.79 Å². The molecule has 0 bridgehead atoms. The highest BCUT2D eigenvalue weighted by Crippen LogP contribution is 2.33. The van der Waals surface area contributed by atoms with Crippen LogP contribution in [0.3, 0.4) is 0 Å². The summed E-state index contributed by atoms with van der Waals surface area (Å²) >= 11 is 5.74. The highest BCUT2D eigenvalue weighted by Gasteiger charge is 2.08. The van der Waals surface area contributed by atoms with Gasteiger partial charge in [0.25, 0.3) is 0 Å². The first-order valence-electron chi connectivity index (χ1n) is 4.83. The second-order valence-corrected chi connectivity index (χ2v) is 9.27. The van der Waals surface area contributed by atoms with Crippen LogP contribution in [0.1, 0.15) is 10.4 Å². The fourth-order valence-electron chi connectivity index (χ4n) is 1.02. The van der Waals surface area contributed by atoms with E-state index >= 15 is 0 Å². The number of aromatic nitrogens is 1. The molecule has 0 radical (unpaired) electrons. The fourth-order valence-corrected chi connectivity index (χ4v) is 1.75. The number of ether oxygens (including phenoxy) is 1. The van der Waals surface area contributed by atoms with Crippen LogP contribution in [0.25, 0.3) is 0 Å². The number of rotatable bonds is 5. The van der Waals surface area contributed by atoms with Gasteiger partial charge in [-0.15, -0.1) is 0 Å². The quantitative estimate of drug-likeness (QED) is 0.604. The van der Waals surface area contributed by atoms with E-state index in [-0.39, 0.29) is 0 Å². The number of aldehydes is 1. The summed E-state index contributed by atoms with van der Waals surface area (Å²) < 4.78 is 5.48. The molecule has 0 N–H and O–H groups in total. The van der Waals surface area contributed by atoms with Crippen LogP contribution in [0, 0.1) is 0 Å². The SMILES string of the molecule is CS(C)(C)CCOc1nc(Cl)ccc1C=O. The Morgan fingerprint density at radius 2 is 2.12 bits per heavy atom. The molecule has 1 aromatic heterocycles. The first-order chi connectivity index (χ1) is 7.42. The summed E-state index contributed by atoms with van der Waals surface area (Å²) in [7, 11) is -0.598. The minimum atomic E-state index is -0.598. The highest BCUT2D eigenvalue weighted by molar-refractivity contribution is 8.32. The second kappa shape index (κ2) is 5.55. The zero-order chi connectivity index (χ0) is 12.2. The second-order valence-electron chi connectivity index (χ2n) is 4.29. The Bertz CT molecular complexity index is 377. The van der Waals surface area contributed by atoms with Crippen molar-refractivity contribution in [1.82, 2.24) is 4.98 Å².